The van der Waals surface area contributed by atoms with Gasteiger partial charge in [-0.05, 0) is 44.4 Å². The Kier molecular flexibility index (Phi) is 5.88. The molecule has 2 atom stereocenters. The van der Waals surface area contributed by atoms with E-state index in [2.05, 4.69) is 12.2 Å². The molecule has 2 aliphatic carbocycles. The van der Waals surface area contributed by atoms with Gasteiger partial charge in [-0.3, -0.25) is 4.79 Å². The second kappa shape index (κ2) is 7.44. The van der Waals surface area contributed by atoms with Crippen LogP contribution in [-0.4, -0.2) is 25.2 Å². The van der Waals surface area contributed by atoms with E-state index in [9.17, 15) is 4.79 Å². The summed E-state index contributed by atoms with van der Waals surface area (Å²) in [6, 6.07) is 0.511. The maximum Gasteiger partial charge on any atom is 0.308 e. The van der Waals surface area contributed by atoms with E-state index in [1.54, 1.807) is 0 Å². The molecule has 0 amide bonds. The lowest BCUT2D eigenvalue weighted by Gasteiger charge is -2.37. The summed E-state index contributed by atoms with van der Waals surface area (Å²) in [5.74, 6) is 0.142. The Morgan fingerprint density at radius 2 is 1.95 bits per heavy atom. The smallest absolute Gasteiger partial charge is 0.308 e. The first kappa shape index (κ1) is 15.8. The van der Waals surface area contributed by atoms with Crippen LogP contribution in [-0.2, 0) is 9.53 Å². The van der Waals surface area contributed by atoms with Crippen LogP contribution < -0.4 is 5.32 Å². The van der Waals surface area contributed by atoms with Gasteiger partial charge in [0.25, 0.3) is 0 Å². The lowest BCUT2D eigenvalue weighted by Crippen LogP contribution is -2.42. The molecule has 2 unspecified atom stereocenters. The number of carbonyl (C=O) groups is 1. The summed E-state index contributed by atoms with van der Waals surface area (Å²) in [6.07, 6.45) is 11.2. The fraction of sp³-hybridized carbons (Fsp3) is 0.941. The highest BCUT2D eigenvalue weighted by molar-refractivity contribution is 5.72. The number of rotatable bonds is 5. The lowest BCUT2D eigenvalue weighted by molar-refractivity contribution is -0.149. The fourth-order valence-corrected chi connectivity index (χ4v) is 3.82. The molecular weight excluding hydrogens is 250 g/mol. The van der Waals surface area contributed by atoms with E-state index in [1.165, 1.54) is 38.5 Å². The van der Waals surface area contributed by atoms with Crippen LogP contribution in [0.5, 0.6) is 0 Å². The minimum Gasteiger partial charge on any atom is -0.466 e. The monoisotopic (exact) mass is 281 g/mol. The molecule has 0 aromatic rings. The van der Waals surface area contributed by atoms with E-state index < -0.39 is 0 Å². The normalized spacial score (nSPS) is 29.9. The van der Waals surface area contributed by atoms with Crippen molar-refractivity contribution >= 4 is 5.97 Å². The van der Waals surface area contributed by atoms with Gasteiger partial charge in [0, 0.05) is 12.6 Å². The largest absolute Gasteiger partial charge is 0.466 e. The average molecular weight is 281 g/mol. The minimum atomic E-state index is 0.0166. The Balaban J connectivity index is 1.76. The van der Waals surface area contributed by atoms with Crippen LogP contribution in [0.25, 0.3) is 0 Å². The molecule has 0 heterocycles. The van der Waals surface area contributed by atoms with Gasteiger partial charge in [-0.2, -0.15) is 0 Å². The van der Waals surface area contributed by atoms with E-state index >= 15 is 0 Å². The van der Waals surface area contributed by atoms with Crippen molar-refractivity contribution < 1.29 is 9.53 Å². The molecule has 20 heavy (non-hydrogen) atoms. The minimum absolute atomic E-state index is 0.0166. The zero-order valence-electron chi connectivity index (χ0n) is 13.2. The lowest BCUT2D eigenvalue weighted by atomic mass is 9.75. The second-order valence-corrected chi connectivity index (χ2v) is 7.06. The number of nitrogens with one attached hydrogen (secondary N) is 1. The van der Waals surface area contributed by atoms with Gasteiger partial charge in [0.05, 0.1) is 12.5 Å². The van der Waals surface area contributed by atoms with Gasteiger partial charge in [-0.15, -0.1) is 0 Å². The molecular formula is C17H31NO2. The van der Waals surface area contributed by atoms with Crippen molar-refractivity contribution in [3.8, 4) is 0 Å². The summed E-state index contributed by atoms with van der Waals surface area (Å²) in [7, 11) is 0. The molecule has 3 nitrogen and oxygen atoms in total. The number of hydrogen-bond donors (Lipinski definition) is 1. The van der Waals surface area contributed by atoms with Gasteiger partial charge in [0.1, 0.15) is 0 Å². The molecule has 0 aromatic carbocycles. The van der Waals surface area contributed by atoms with Crippen LogP contribution in [0.4, 0.5) is 0 Å². The molecule has 0 spiro atoms. The van der Waals surface area contributed by atoms with Crippen LogP contribution in [0.2, 0.25) is 0 Å². The van der Waals surface area contributed by atoms with Crippen molar-refractivity contribution in [1.29, 1.82) is 0 Å². The average Bonchev–Trinajstić information content (AvgIpc) is 2.47. The predicted octanol–water partition coefficient (Wildman–Crippen LogP) is 3.67. The van der Waals surface area contributed by atoms with Crippen molar-refractivity contribution in [2.24, 2.45) is 11.3 Å². The van der Waals surface area contributed by atoms with Crippen LogP contribution in [0, 0.1) is 11.3 Å². The van der Waals surface area contributed by atoms with Crippen molar-refractivity contribution in [3.63, 3.8) is 0 Å². The first-order chi connectivity index (χ1) is 9.63. The third-order valence-electron chi connectivity index (χ3n) is 5.17. The molecule has 1 N–H and O–H groups in total. The predicted molar refractivity (Wildman–Crippen MR) is 81.6 cm³/mol. The van der Waals surface area contributed by atoms with E-state index in [4.69, 9.17) is 4.74 Å². The van der Waals surface area contributed by atoms with E-state index in [0.717, 1.165) is 25.8 Å². The molecule has 2 fully saturated rings. The van der Waals surface area contributed by atoms with Crippen LogP contribution in [0.15, 0.2) is 0 Å². The highest BCUT2D eigenvalue weighted by atomic mass is 16.5. The van der Waals surface area contributed by atoms with Crippen molar-refractivity contribution in [1.82, 2.24) is 5.32 Å². The Labute approximate surface area is 123 Å². The first-order valence-corrected chi connectivity index (χ1v) is 8.53. The first-order valence-electron chi connectivity index (χ1n) is 8.53. The fourth-order valence-electron chi connectivity index (χ4n) is 3.82. The van der Waals surface area contributed by atoms with Crippen LogP contribution in [0.3, 0.4) is 0 Å². The van der Waals surface area contributed by atoms with Gasteiger partial charge in [-0.25, -0.2) is 0 Å². The Bertz CT molecular complexity index is 310. The van der Waals surface area contributed by atoms with Gasteiger partial charge in [0.2, 0.25) is 0 Å². The van der Waals surface area contributed by atoms with Crippen molar-refractivity contribution in [3.05, 3.63) is 0 Å². The van der Waals surface area contributed by atoms with E-state index in [0.29, 0.717) is 18.1 Å². The Morgan fingerprint density at radius 3 is 2.65 bits per heavy atom. The summed E-state index contributed by atoms with van der Waals surface area (Å²) >= 11 is 0. The van der Waals surface area contributed by atoms with Gasteiger partial charge < -0.3 is 10.1 Å². The molecule has 0 radical (unpaired) electrons. The Hall–Kier alpha value is -0.570. The standard InChI is InChI=1S/C17H31NO2/c1-3-20-16(19)14-8-7-9-15(12-14)18-13-17(2)10-5-4-6-11-17/h14-15,18H,3-13H2,1-2H3. The number of esters is 1. The zero-order valence-corrected chi connectivity index (χ0v) is 13.2. The summed E-state index contributed by atoms with van der Waals surface area (Å²) in [5, 5.41) is 3.75. The van der Waals surface area contributed by atoms with Crippen molar-refractivity contribution in [2.75, 3.05) is 13.2 Å². The molecule has 0 saturated heterocycles. The molecule has 116 valence electrons. The molecule has 0 aliphatic heterocycles. The van der Waals surface area contributed by atoms with Crippen LogP contribution in [0.1, 0.15) is 71.6 Å². The third-order valence-corrected chi connectivity index (χ3v) is 5.17. The maximum absolute atomic E-state index is 11.9. The number of carbonyl (C=O) groups excluding carboxylic acids is 1. The third kappa shape index (κ3) is 4.47. The topological polar surface area (TPSA) is 38.3 Å². The molecule has 2 aliphatic rings. The van der Waals surface area contributed by atoms with Gasteiger partial charge in [-0.1, -0.05) is 32.6 Å². The summed E-state index contributed by atoms with van der Waals surface area (Å²) < 4.78 is 5.18. The molecule has 0 aromatic heterocycles. The zero-order chi connectivity index (χ0) is 14.4. The quantitative estimate of drug-likeness (QED) is 0.781. The molecule has 2 saturated carbocycles. The summed E-state index contributed by atoms with van der Waals surface area (Å²) in [5.41, 5.74) is 0.481. The second-order valence-electron chi connectivity index (χ2n) is 7.06. The van der Waals surface area contributed by atoms with Crippen molar-refractivity contribution in [2.45, 2.75) is 77.7 Å². The van der Waals surface area contributed by atoms with Gasteiger partial charge in [0.15, 0.2) is 0 Å². The number of ether oxygens (including phenoxy) is 1. The maximum atomic E-state index is 11.9. The molecule has 0 bridgehead atoms. The molecule has 2 rings (SSSR count). The SMILES string of the molecule is CCOC(=O)C1CCCC(NCC2(C)CCCCC2)C1. The number of hydrogen-bond acceptors (Lipinski definition) is 3. The Morgan fingerprint density at radius 1 is 1.20 bits per heavy atom. The highest BCUT2D eigenvalue weighted by Gasteiger charge is 2.31. The highest BCUT2D eigenvalue weighted by Crippen LogP contribution is 2.35. The van der Waals surface area contributed by atoms with Crippen LogP contribution >= 0.6 is 0 Å². The summed E-state index contributed by atoms with van der Waals surface area (Å²) in [6.45, 7) is 5.93. The van der Waals surface area contributed by atoms with E-state index in [1.807, 2.05) is 6.92 Å². The van der Waals surface area contributed by atoms with Gasteiger partial charge >= 0.3 is 5.97 Å². The van der Waals surface area contributed by atoms with E-state index in [-0.39, 0.29) is 11.9 Å². The molecule has 3 heteroatoms. The summed E-state index contributed by atoms with van der Waals surface area (Å²) in [4.78, 5) is 11.9.